The zero-order chi connectivity index (χ0) is 7.84. The van der Waals surface area contributed by atoms with Crippen molar-refractivity contribution in [1.82, 2.24) is 0 Å². The molecule has 64 valence electrons. The van der Waals surface area contributed by atoms with E-state index in [2.05, 4.69) is 0 Å². The van der Waals surface area contributed by atoms with Crippen molar-refractivity contribution in [2.45, 2.75) is 44.1 Å². The minimum atomic E-state index is -0.510. The quantitative estimate of drug-likeness (QED) is 0.535. The van der Waals surface area contributed by atoms with Gasteiger partial charge in [-0.25, -0.2) is 0 Å². The number of aliphatic hydroxyl groups excluding tert-OH is 1. The van der Waals surface area contributed by atoms with E-state index in [0.29, 0.717) is 5.92 Å². The first-order valence-corrected chi connectivity index (χ1v) is 4.38. The normalized spacial score (nSPS) is 50.7. The molecule has 1 heterocycles. The zero-order valence-corrected chi connectivity index (χ0v) is 6.57. The van der Waals surface area contributed by atoms with Crippen molar-refractivity contribution >= 4 is 0 Å². The van der Waals surface area contributed by atoms with Gasteiger partial charge in [0.05, 0.1) is 0 Å². The van der Waals surface area contributed by atoms with Gasteiger partial charge in [-0.15, -0.1) is 0 Å². The number of aliphatic hydroxyl groups is 1. The number of hydrogen-bond donors (Lipinski definition) is 2. The molecule has 1 aliphatic heterocycles. The average Bonchev–Trinajstić information content (AvgIpc) is 2.68. The van der Waals surface area contributed by atoms with Crippen LogP contribution in [0.2, 0.25) is 0 Å². The highest BCUT2D eigenvalue weighted by Crippen LogP contribution is 2.36. The molecule has 2 rings (SSSR count). The molecule has 3 nitrogen and oxygen atoms in total. The van der Waals surface area contributed by atoms with Gasteiger partial charge in [0.1, 0.15) is 6.10 Å². The van der Waals surface area contributed by atoms with E-state index < -0.39 is 6.29 Å². The largest absolute Gasteiger partial charge is 0.366 e. The lowest BCUT2D eigenvalue weighted by molar-refractivity contribution is 0.154. The van der Waals surface area contributed by atoms with E-state index in [1.54, 1.807) is 0 Å². The van der Waals surface area contributed by atoms with Crippen molar-refractivity contribution in [1.29, 1.82) is 0 Å². The maximum absolute atomic E-state index is 9.02. The van der Waals surface area contributed by atoms with E-state index in [1.807, 2.05) is 0 Å². The van der Waals surface area contributed by atoms with Gasteiger partial charge in [0, 0.05) is 12.0 Å². The lowest BCUT2D eigenvalue weighted by Gasteiger charge is -2.26. The first-order valence-electron chi connectivity index (χ1n) is 4.38. The fourth-order valence-corrected chi connectivity index (χ4v) is 2.02. The Bertz CT molecular complexity index is 149. The Labute approximate surface area is 66.5 Å². The molecular weight excluding hydrogens is 142 g/mol. The summed E-state index contributed by atoms with van der Waals surface area (Å²) in [6.45, 7) is 0. The van der Waals surface area contributed by atoms with Crippen LogP contribution in [0, 0.1) is 5.92 Å². The summed E-state index contributed by atoms with van der Waals surface area (Å²) in [6, 6.07) is 0.255. The molecule has 0 aromatic rings. The molecule has 3 heteroatoms. The van der Waals surface area contributed by atoms with E-state index in [0.717, 1.165) is 12.8 Å². The lowest BCUT2D eigenvalue weighted by Crippen LogP contribution is -2.36. The van der Waals surface area contributed by atoms with Crippen molar-refractivity contribution in [2.75, 3.05) is 0 Å². The number of nitrogens with two attached hydrogens (primary N) is 1. The van der Waals surface area contributed by atoms with Crippen LogP contribution >= 0.6 is 0 Å². The number of ether oxygens (including phenoxy) is 1. The summed E-state index contributed by atoms with van der Waals surface area (Å²) in [4.78, 5) is 0. The van der Waals surface area contributed by atoms with Gasteiger partial charge in [0.15, 0.2) is 6.29 Å². The molecule has 4 unspecified atom stereocenters. The highest BCUT2D eigenvalue weighted by molar-refractivity contribution is 4.91. The monoisotopic (exact) mass is 157 g/mol. The van der Waals surface area contributed by atoms with Gasteiger partial charge in [-0.05, 0) is 12.8 Å². The van der Waals surface area contributed by atoms with E-state index in [1.165, 1.54) is 12.8 Å². The molecule has 0 aromatic carbocycles. The summed E-state index contributed by atoms with van der Waals surface area (Å²) in [5, 5.41) is 9.02. The van der Waals surface area contributed by atoms with Crippen LogP contribution in [0.5, 0.6) is 0 Å². The molecule has 0 radical (unpaired) electrons. The molecule has 1 saturated carbocycles. The van der Waals surface area contributed by atoms with Crippen LogP contribution < -0.4 is 5.73 Å². The standard InChI is InChI=1S/C8H15NO2/c9-6-4-2-1-3-5(6)7-8(10)11-7/h5-8,10H,1-4,9H2. The zero-order valence-electron chi connectivity index (χ0n) is 6.57. The van der Waals surface area contributed by atoms with Gasteiger partial charge >= 0.3 is 0 Å². The van der Waals surface area contributed by atoms with Crippen molar-refractivity contribution in [3.05, 3.63) is 0 Å². The third kappa shape index (κ3) is 1.41. The Hall–Kier alpha value is -0.120. The Morgan fingerprint density at radius 3 is 2.45 bits per heavy atom. The summed E-state index contributed by atoms with van der Waals surface area (Å²) >= 11 is 0. The Morgan fingerprint density at radius 1 is 1.27 bits per heavy atom. The topological polar surface area (TPSA) is 58.8 Å². The van der Waals surface area contributed by atoms with Crippen LogP contribution in [-0.2, 0) is 4.74 Å². The Morgan fingerprint density at radius 2 is 1.91 bits per heavy atom. The van der Waals surface area contributed by atoms with E-state index in [-0.39, 0.29) is 12.1 Å². The smallest absolute Gasteiger partial charge is 0.182 e. The molecule has 0 aromatic heterocycles. The summed E-state index contributed by atoms with van der Waals surface area (Å²) in [5.74, 6) is 0.416. The average molecular weight is 157 g/mol. The predicted octanol–water partition coefficient (Wildman–Crippen LogP) is 0.221. The van der Waals surface area contributed by atoms with Crippen molar-refractivity contribution in [2.24, 2.45) is 11.7 Å². The lowest BCUT2D eigenvalue weighted by atomic mass is 9.83. The number of hydrogen-bond acceptors (Lipinski definition) is 3. The van der Waals surface area contributed by atoms with Crippen molar-refractivity contribution in [3.63, 3.8) is 0 Å². The van der Waals surface area contributed by atoms with E-state index >= 15 is 0 Å². The van der Waals surface area contributed by atoms with Crippen LogP contribution in [0.3, 0.4) is 0 Å². The van der Waals surface area contributed by atoms with Crippen LogP contribution in [0.15, 0.2) is 0 Å². The van der Waals surface area contributed by atoms with Gasteiger partial charge in [-0.1, -0.05) is 12.8 Å². The highest BCUT2D eigenvalue weighted by Gasteiger charge is 2.46. The second-order valence-corrected chi connectivity index (χ2v) is 3.60. The van der Waals surface area contributed by atoms with Gasteiger partial charge < -0.3 is 15.6 Å². The molecule has 0 spiro atoms. The first-order chi connectivity index (χ1) is 5.29. The van der Waals surface area contributed by atoms with Crippen molar-refractivity contribution < 1.29 is 9.84 Å². The van der Waals surface area contributed by atoms with Crippen molar-refractivity contribution in [3.8, 4) is 0 Å². The van der Waals surface area contributed by atoms with Crippen LogP contribution in [0.1, 0.15) is 25.7 Å². The van der Waals surface area contributed by atoms with Gasteiger partial charge in [0.2, 0.25) is 0 Å². The Kier molecular flexibility index (Phi) is 1.87. The summed E-state index contributed by atoms with van der Waals surface area (Å²) in [7, 11) is 0. The predicted molar refractivity (Wildman–Crippen MR) is 40.8 cm³/mol. The molecule has 2 aliphatic rings. The van der Waals surface area contributed by atoms with E-state index in [9.17, 15) is 0 Å². The first kappa shape index (κ1) is 7.53. The van der Waals surface area contributed by atoms with Gasteiger partial charge in [-0.3, -0.25) is 0 Å². The van der Waals surface area contributed by atoms with E-state index in [4.69, 9.17) is 15.6 Å². The number of rotatable bonds is 1. The SMILES string of the molecule is NC1CCCCC1C1OC1O. The molecule has 3 N–H and O–H groups in total. The molecule has 4 atom stereocenters. The fourth-order valence-electron chi connectivity index (χ4n) is 2.02. The van der Waals surface area contributed by atoms with Crippen LogP contribution in [0.4, 0.5) is 0 Å². The second-order valence-electron chi connectivity index (χ2n) is 3.60. The molecule has 1 saturated heterocycles. The van der Waals surface area contributed by atoms with Gasteiger partial charge in [-0.2, -0.15) is 0 Å². The van der Waals surface area contributed by atoms with Crippen LogP contribution in [0.25, 0.3) is 0 Å². The second kappa shape index (κ2) is 2.73. The maximum atomic E-state index is 9.02. The summed E-state index contributed by atoms with van der Waals surface area (Å²) < 4.78 is 5.00. The Balaban J connectivity index is 1.90. The number of epoxide rings is 1. The molecule has 0 bridgehead atoms. The van der Waals surface area contributed by atoms with Crippen LogP contribution in [-0.4, -0.2) is 23.5 Å². The highest BCUT2D eigenvalue weighted by atomic mass is 16.7. The van der Waals surface area contributed by atoms with Gasteiger partial charge in [0.25, 0.3) is 0 Å². The third-order valence-electron chi connectivity index (χ3n) is 2.80. The molecule has 2 fully saturated rings. The minimum Gasteiger partial charge on any atom is -0.366 e. The maximum Gasteiger partial charge on any atom is 0.182 e. The third-order valence-corrected chi connectivity index (χ3v) is 2.80. The molecule has 11 heavy (non-hydrogen) atoms. The fraction of sp³-hybridized carbons (Fsp3) is 1.00. The molecule has 0 amide bonds. The molecular formula is C8H15NO2. The minimum absolute atomic E-state index is 0.0605. The summed E-state index contributed by atoms with van der Waals surface area (Å²) in [6.07, 6.45) is 4.25. The molecule has 1 aliphatic carbocycles. The summed E-state index contributed by atoms with van der Waals surface area (Å²) in [5.41, 5.74) is 5.89.